The minimum Gasteiger partial charge on any atom is -0.497 e. The summed E-state index contributed by atoms with van der Waals surface area (Å²) in [5.74, 6) is 2.60. The SMILES string of the molecule is COc1ccc(-c2nc(=S)n(CN3CCC(Oc4cc(C)ccc4C)CC3)[nH]2)cc1. The van der Waals surface area contributed by atoms with Crippen molar-refractivity contribution < 1.29 is 9.47 Å². The predicted octanol–water partition coefficient (Wildman–Crippen LogP) is 4.73. The van der Waals surface area contributed by atoms with Crippen molar-refractivity contribution in [3.8, 4) is 22.9 Å². The number of nitrogens with zero attached hydrogens (tertiary/aromatic N) is 3. The zero-order chi connectivity index (χ0) is 21.1. The molecule has 3 aromatic rings. The van der Waals surface area contributed by atoms with Crippen LogP contribution in [0.2, 0.25) is 0 Å². The van der Waals surface area contributed by atoms with Crippen molar-refractivity contribution in [1.29, 1.82) is 0 Å². The number of nitrogens with one attached hydrogen (secondary N) is 1. The van der Waals surface area contributed by atoms with Crippen LogP contribution in [0.25, 0.3) is 11.4 Å². The van der Waals surface area contributed by atoms with Gasteiger partial charge in [-0.2, -0.15) is 4.98 Å². The van der Waals surface area contributed by atoms with Crippen molar-refractivity contribution in [3.63, 3.8) is 0 Å². The number of ether oxygens (including phenoxy) is 2. The maximum absolute atomic E-state index is 6.29. The third-order valence-corrected chi connectivity index (χ3v) is 5.87. The fraction of sp³-hybridized carbons (Fsp3) is 0.391. The number of H-pyrrole nitrogens is 1. The van der Waals surface area contributed by atoms with Crippen LogP contribution in [-0.4, -0.2) is 46.0 Å². The molecular formula is C23H28N4O2S. The molecule has 0 unspecified atom stereocenters. The van der Waals surface area contributed by atoms with Crippen LogP contribution in [0.3, 0.4) is 0 Å². The van der Waals surface area contributed by atoms with Crippen molar-refractivity contribution in [2.75, 3.05) is 20.2 Å². The molecule has 6 nitrogen and oxygen atoms in total. The first-order valence-electron chi connectivity index (χ1n) is 10.3. The fourth-order valence-corrected chi connectivity index (χ4v) is 3.91. The number of likely N-dealkylation sites (tertiary alicyclic amines) is 1. The lowest BCUT2D eigenvalue weighted by Crippen LogP contribution is -2.39. The first-order valence-corrected chi connectivity index (χ1v) is 10.7. The molecule has 0 amide bonds. The van der Waals surface area contributed by atoms with Gasteiger partial charge in [0.05, 0.1) is 13.8 Å². The molecule has 1 aromatic heterocycles. The van der Waals surface area contributed by atoms with E-state index in [-0.39, 0.29) is 6.10 Å². The molecule has 1 aliphatic heterocycles. The van der Waals surface area contributed by atoms with E-state index < -0.39 is 0 Å². The maximum atomic E-state index is 6.29. The Labute approximate surface area is 182 Å². The third kappa shape index (κ3) is 4.74. The fourth-order valence-electron chi connectivity index (χ4n) is 3.71. The minimum atomic E-state index is 0.256. The van der Waals surface area contributed by atoms with Crippen LogP contribution < -0.4 is 9.47 Å². The average molecular weight is 425 g/mol. The smallest absolute Gasteiger partial charge is 0.217 e. The summed E-state index contributed by atoms with van der Waals surface area (Å²) < 4.78 is 14.0. The zero-order valence-electron chi connectivity index (χ0n) is 17.7. The van der Waals surface area contributed by atoms with Gasteiger partial charge < -0.3 is 9.47 Å². The van der Waals surface area contributed by atoms with Gasteiger partial charge in [0.2, 0.25) is 4.77 Å². The van der Waals surface area contributed by atoms with E-state index in [4.69, 9.17) is 21.7 Å². The Morgan fingerprint density at radius 3 is 2.53 bits per heavy atom. The first kappa shape index (κ1) is 20.6. The summed E-state index contributed by atoms with van der Waals surface area (Å²) in [6.07, 6.45) is 2.26. The number of rotatable bonds is 6. The van der Waals surface area contributed by atoms with E-state index in [1.165, 1.54) is 11.1 Å². The topological polar surface area (TPSA) is 55.3 Å². The molecular weight excluding hydrogens is 396 g/mol. The van der Waals surface area contributed by atoms with Crippen LogP contribution >= 0.6 is 12.2 Å². The maximum Gasteiger partial charge on any atom is 0.217 e. The lowest BCUT2D eigenvalue weighted by Gasteiger charge is -2.32. The molecule has 158 valence electrons. The van der Waals surface area contributed by atoms with Crippen LogP contribution in [0, 0.1) is 18.6 Å². The van der Waals surface area contributed by atoms with E-state index in [9.17, 15) is 0 Å². The molecule has 0 radical (unpaired) electrons. The molecule has 0 atom stereocenters. The number of aromatic amines is 1. The molecule has 1 fully saturated rings. The second kappa shape index (κ2) is 9.02. The molecule has 0 saturated carbocycles. The van der Waals surface area contributed by atoms with E-state index in [0.717, 1.165) is 48.8 Å². The summed E-state index contributed by atoms with van der Waals surface area (Å²) in [7, 11) is 1.66. The van der Waals surface area contributed by atoms with Crippen LogP contribution in [0.4, 0.5) is 0 Å². The van der Waals surface area contributed by atoms with Gasteiger partial charge in [-0.1, -0.05) is 12.1 Å². The molecule has 1 N–H and O–H groups in total. The van der Waals surface area contributed by atoms with Gasteiger partial charge in [-0.15, -0.1) is 0 Å². The highest BCUT2D eigenvalue weighted by molar-refractivity contribution is 7.71. The monoisotopic (exact) mass is 424 g/mol. The van der Waals surface area contributed by atoms with Crippen molar-refractivity contribution >= 4 is 12.2 Å². The molecule has 0 spiro atoms. The number of hydrogen-bond acceptors (Lipinski definition) is 5. The molecule has 1 saturated heterocycles. The normalized spacial score (nSPS) is 15.3. The zero-order valence-corrected chi connectivity index (χ0v) is 18.5. The Hall–Kier alpha value is -2.64. The highest BCUT2D eigenvalue weighted by atomic mass is 32.1. The molecule has 0 bridgehead atoms. The van der Waals surface area contributed by atoms with Gasteiger partial charge in [-0.3, -0.25) is 10.00 Å². The van der Waals surface area contributed by atoms with Crippen LogP contribution in [0.1, 0.15) is 24.0 Å². The number of methoxy groups -OCH3 is 1. The molecule has 4 rings (SSSR count). The summed E-state index contributed by atoms with van der Waals surface area (Å²) in [6.45, 7) is 6.84. The number of hydrogen-bond donors (Lipinski definition) is 1. The second-order valence-corrected chi connectivity index (χ2v) is 8.22. The van der Waals surface area contributed by atoms with Crippen LogP contribution in [0.5, 0.6) is 11.5 Å². The first-order chi connectivity index (χ1) is 14.5. The largest absolute Gasteiger partial charge is 0.497 e. The van der Waals surface area contributed by atoms with E-state index >= 15 is 0 Å². The minimum absolute atomic E-state index is 0.256. The number of piperidine rings is 1. The molecule has 2 aromatic carbocycles. The molecule has 30 heavy (non-hydrogen) atoms. The average Bonchev–Trinajstić information content (AvgIpc) is 3.12. The summed E-state index contributed by atoms with van der Waals surface area (Å²) in [5, 5.41) is 3.33. The number of benzene rings is 2. The van der Waals surface area contributed by atoms with E-state index in [2.05, 4.69) is 47.0 Å². The Morgan fingerprint density at radius 2 is 1.83 bits per heavy atom. The van der Waals surface area contributed by atoms with E-state index in [0.29, 0.717) is 11.4 Å². The van der Waals surface area contributed by atoms with E-state index in [1.807, 2.05) is 28.9 Å². The summed E-state index contributed by atoms with van der Waals surface area (Å²) in [6, 6.07) is 14.2. The standard InChI is InChI=1S/C23H28N4O2S/c1-16-4-5-17(2)21(14-16)29-20-10-12-26(13-11-20)15-27-23(30)24-22(25-27)18-6-8-19(28-3)9-7-18/h4-9,14,20H,10-13,15H2,1-3H3,(H,24,25,30). The van der Waals surface area contributed by atoms with Gasteiger partial charge in [0.1, 0.15) is 17.6 Å². The van der Waals surface area contributed by atoms with Crippen molar-refractivity contribution in [1.82, 2.24) is 19.7 Å². The van der Waals surface area contributed by atoms with Gasteiger partial charge in [0.15, 0.2) is 5.82 Å². The number of aromatic nitrogens is 3. The summed E-state index contributed by atoms with van der Waals surface area (Å²) in [4.78, 5) is 6.90. The van der Waals surface area contributed by atoms with Gasteiger partial charge >= 0.3 is 0 Å². The van der Waals surface area contributed by atoms with Crippen molar-refractivity contribution in [2.45, 2.75) is 39.5 Å². The lowest BCUT2D eigenvalue weighted by atomic mass is 10.1. The molecule has 0 aliphatic carbocycles. The summed E-state index contributed by atoms with van der Waals surface area (Å²) in [5.41, 5.74) is 3.41. The Bertz CT molecular complexity index is 1050. The Balaban J connectivity index is 1.35. The third-order valence-electron chi connectivity index (χ3n) is 5.56. The summed E-state index contributed by atoms with van der Waals surface area (Å²) >= 11 is 5.47. The van der Waals surface area contributed by atoms with Gasteiger partial charge in [0, 0.05) is 18.7 Å². The van der Waals surface area contributed by atoms with Gasteiger partial charge in [0.25, 0.3) is 0 Å². The van der Waals surface area contributed by atoms with E-state index in [1.54, 1.807) is 7.11 Å². The number of aryl methyl sites for hydroxylation is 2. The Morgan fingerprint density at radius 1 is 1.10 bits per heavy atom. The van der Waals surface area contributed by atoms with Crippen molar-refractivity contribution in [2.24, 2.45) is 0 Å². The quantitative estimate of drug-likeness (QED) is 0.580. The second-order valence-electron chi connectivity index (χ2n) is 7.86. The van der Waals surface area contributed by atoms with Gasteiger partial charge in [-0.25, -0.2) is 4.68 Å². The predicted molar refractivity (Wildman–Crippen MR) is 121 cm³/mol. The van der Waals surface area contributed by atoms with Crippen molar-refractivity contribution in [3.05, 3.63) is 58.4 Å². The van der Waals surface area contributed by atoms with Crippen LogP contribution in [-0.2, 0) is 6.67 Å². The highest BCUT2D eigenvalue weighted by Crippen LogP contribution is 2.24. The lowest BCUT2D eigenvalue weighted by molar-refractivity contribution is 0.0798. The molecule has 7 heteroatoms. The van der Waals surface area contributed by atoms with Gasteiger partial charge in [-0.05, 0) is 80.4 Å². The highest BCUT2D eigenvalue weighted by Gasteiger charge is 2.22. The molecule has 2 heterocycles. The Kier molecular flexibility index (Phi) is 6.20. The van der Waals surface area contributed by atoms with Crippen LogP contribution in [0.15, 0.2) is 42.5 Å². The molecule has 1 aliphatic rings.